The second-order valence-electron chi connectivity index (χ2n) is 6.34. The Bertz CT molecular complexity index is 542. The molecule has 0 spiro atoms. The molecule has 5 atom stereocenters. The number of fused-ring (bicyclic) bond motifs is 2. The van der Waals surface area contributed by atoms with Crippen LogP contribution in [-0.2, 0) is 9.59 Å². The number of hydrogen-bond acceptors (Lipinski definition) is 3. The van der Waals surface area contributed by atoms with E-state index in [4.69, 9.17) is 0 Å². The summed E-state index contributed by atoms with van der Waals surface area (Å²) in [5.74, 6) is -1.88. The Balaban J connectivity index is 1.72. The van der Waals surface area contributed by atoms with Gasteiger partial charge in [0.25, 0.3) is 0 Å². The fourth-order valence-corrected chi connectivity index (χ4v) is 4.14. The number of aliphatic carboxylic acids is 1. The van der Waals surface area contributed by atoms with Crippen LogP contribution in [0.5, 0.6) is 0 Å². The first-order valence-corrected chi connectivity index (χ1v) is 7.64. The molecule has 1 aromatic carbocycles. The van der Waals surface area contributed by atoms with E-state index in [1.807, 2.05) is 37.3 Å². The minimum atomic E-state index is -1.06. The lowest BCUT2D eigenvalue weighted by molar-refractivity contribution is -0.314. The SMILES string of the molecule is C[C@H](NC(=O)[C@@H]1[C@@H]2CC[C@@H](C2)[C@@H]1C(=O)[O-])c1ccccc1. The number of carbonyl (C=O) groups excluding carboxylic acids is 2. The van der Waals surface area contributed by atoms with E-state index in [2.05, 4.69) is 5.32 Å². The lowest BCUT2D eigenvalue weighted by Gasteiger charge is -2.31. The van der Waals surface area contributed by atoms with E-state index in [1.54, 1.807) is 0 Å². The summed E-state index contributed by atoms with van der Waals surface area (Å²) < 4.78 is 0. The van der Waals surface area contributed by atoms with Crippen LogP contribution in [0.2, 0.25) is 0 Å². The summed E-state index contributed by atoms with van der Waals surface area (Å²) in [6.45, 7) is 1.93. The average molecular weight is 286 g/mol. The van der Waals surface area contributed by atoms with Crippen LogP contribution in [0.25, 0.3) is 0 Å². The van der Waals surface area contributed by atoms with Gasteiger partial charge in [-0.1, -0.05) is 30.3 Å². The predicted molar refractivity (Wildman–Crippen MR) is 75.8 cm³/mol. The lowest BCUT2D eigenvalue weighted by Crippen LogP contribution is -2.46. The van der Waals surface area contributed by atoms with E-state index in [0.717, 1.165) is 24.8 Å². The average Bonchev–Trinajstić information content (AvgIpc) is 3.08. The third kappa shape index (κ3) is 2.55. The maximum Gasteiger partial charge on any atom is 0.224 e. The molecular weight excluding hydrogens is 266 g/mol. The van der Waals surface area contributed by atoms with Crippen LogP contribution in [0.15, 0.2) is 30.3 Å². The molecule has 2 saturated carbocycles. The van der Waals surface area contributed by atoms with Gasteiger partial charge in [0.1, 0.15) is 0 Å². The Morgan fingerprint density at radius 2 is 1.76 bits per heavy atom. The molecule has 1 aromatic rings. The molecule has 0 unspecified atom stereocenters. The summed E-state index contributed by atoms with van der Waals surface area (Å²) in [5, 5.41) is 14.3. The number of hydrogen-bond donors (Lipinski definition) is 1. The fourth-order valence-electron chi connectivity index (χ4n) is 4.14. The Labute approximate surface area is 124 Å². The molecule has 0 heterocycles. The van der Waals surface area contributed by atoms with Crippen molar-refractivity contribution in [2.75, 3.05) is 0 Å². The van der Waals surface area contributed by atoms with Gasteiger partial charge >= 0.3 is 0 Å². The molecule has 3 rings (SSSR count). The number of nitrogens with one attached hydrogen (secondary N) is 1. The minimum Gasteiger partial charge on any atom is -0.550 e. The highest BCUT2D eigenvalue weighted by atomic mass is 16.4. The van der Waals surface area contributed by atoms with Crippen LogP contribution < -0.4 is 10.4 Å². The maximum absolute atomic E-state index is 12.5. The first-order valence-electron chi connectivity index (χ1n) is 7.64. The van der Waals surface area contributed by atoms with Crippen molar-refractivity contribution < 1.29 is 14.7 Å². The largest absolute Gasteiger partial charge is 0.550 e. The van der Waals surface area contributed by atoms with Gasteiger partial charge in [0.2, 0.25) is 5.91 Å². The molecule has 2 bridgehead atoms. The molecule has 0 saturated heterocycles. The van der Waals surface area contributed by atoms with Gasteiger partial charge in [-0.2, -0.15) is 0 Å². The van der Waals surface area contributed by atoms with Gasteiger partial charge in [-0.3, -0.25) is 4.79 Å². The zero-order valence-electron chi connectivity index (χ0n) is 12.1. The van der Waals surface area contributed by atoms with E-state index in [-0.39, 0.29) is 23.8 Å². The van der Waals surface area contributed by atoms with E-state index in [9.17, 15) is 14.7 Å². The maximum atomic E-state index is 12.5. The molecule has 2 aliphatic carbocycles. The van der Waals surface area contributed by atoms with E-state index in [0.29, 0.717) is 0 Å². The van der Waals surface area contributed by atoms with Gasteiger partial charge in [0.15, 0.2) is 0 Å². The highest BCUT2D eigenvalue weighted by Gasteiger charge is 2.51. The molecule has 0 aliphatic heterocycles. The second kappa shape index (κ2) is 5.51. The van der Waals surface area contributed by atoms with Crippen LogP contribution in [0.4, 0.5) is 0 Å². The van der Waals surface area contributed by atoms with Crippen molar-refractivity contribution in [3.63, 3.8) is 0 Å². The highest BCUT2D eigenvalue weighted by molar-refractivity contribution is 5.85. The van der Waals surface area contributed by atoms with Crippen molar-refractivity contribution in [2.45, 2.75) is 32.2 Å². The number of benzene rings is 1. The summed E-state index contributed by atoms with van der Waals surface area (Å²) in [4.78, 5) is 23.9. The van der Waals surface area contributed by atoms with Crippen LogP contribution in [-0.4, -0.2) is 11.9 Å². The Morgan fingerprint density at radius 1 is 1.14 bits per heavy atom. The standard InChI is InChI=1S/C17H21NO3/c1-10(11-5-3-2-4-6-11)18-16(19)14-12-7-8-13(9-12)15(14)17(20)21/h2-6,10,12-15H,7-9H2,1H3,(H,18,19)(H,20,21)/p-1/t10-,12+,13-,14+,15-/m0/s1. The number of amides is 1. The normalized spacial score (nSPS) is 31.9. The van der Waals surface area contributed by atoms with Crippen molar-refractivity contribution in [2.24, 2.45) is 23.7 Å². The monoisotopic (exact) mass is 286 g/mol. The topological polar surface area (TPSA) is 69.2 Å². The molecular formula is C17H20NO3-. The smallest absolute Gasteiger partial charge is 0.224 e. The van der Waals surface area contributed by atoms with Crippen molar-refractivity contribution in [1.29, 1.82) is 0 Å². The van der Waals surface area contributed by atoms with Gasteiger partial charge in [0, 0.05) is 17.8 Å². The zero-order chi connectivity index (χ0) is 15.0. The molecule has 2 fully saturated rings. The molecule has 1 N–H and O–H groups in total. The van der Waals surface area contributed by atoms with Gasteiger partial charge < -0.3 is 15.2 Å². The lowest BCUT2D eigenvalue weighted by atomic mass is 9.78. The summed E-state index contributed by atoms with van der Waals surface area (Å²) >= 11 is 0. The van der Waals surface area contributed by atoms with Crippen LogP contribution in [0.3, 0.4) is 0 Å². The summed E-state index contributed by atoms with van der Waals surface area (Å²) in [5.41, 5.74) is 1.03. The molecule has 21 heavy (non-hydrogen) atoms. The molecule has 112 valence electrons. The van der Waals surface area contributed by atoms with Crippen molar-refractivity contribution >= 4 is 11.9 Å². The van der Waals surface area contributed by atoms with Gasteiger partial charge in [0.05, 0.1) is 6.04 Å². The van der Waals surface area contributed by atoms with Crippen molar-refractivity contribution in [3.8, 4) is 0 Å². The molecule has 1 amide bonds. The number of carboxylic acids is 1. The zero-order valence-corrected chi connectivity index (χ0v) is 12.1. The van der Waals surface area contributed by atoms with E-state index in [1.165, 1.54) is 0 Å². The van der Waals surface area contributed by atoms with E-state index >= 15 is 0 Å². The van der Waals surface area contributed by atoms with Crippen LogP contribution in [0, 0.1) is 23.7 Å². The Kier molecular flexibility index (Phi) is 3.70. The third-order valence-corrected chi connectivity index (χ3v) is 5.15. The quantitative estimate of drug-likeness (QED) is 0.906. The van der Waals surface area contributed by atoms with Crippen LogP contribution >= 0.6 is 0 Å². The van der Waals surface area contributed by atoms with E-state index < -0.39 is 17.8 Å². The molecule has 4 nitrogen and oxygen atoms in total. The third-order valence-electron chi connectivity index (χ3n) is 5.15. The minimum absolute atomic E-state index is 0.111. The van der Waals surface area contributed by atoms with Crippen molar-refractivity contribution in [1.82, 2.24) is 5.32 Å². The van der Waals surface area contributed by atoms with Crippen molar-refractivity contribution in [3.05, 3.63) is 35.9 Å². The number of carbonyl (C=O) groups is 2. The Morgan fingerprint density at radius 3 is 2.38 bits per heavy atom. The summed E-state index contributed by atoms with van der Waals surface area (Å²) in [6, 6.07) is 9.60. The van der Waals surface area contributed by atoms with Crippen LogP contribution in [0.1, 0.15) is 37.8 Å². The molecule has 0 radical (unpaired) electrons. The highest BCUT2D eigenvalue weighted by Crippen LogP contribution is 2.52. The predicted octanol–water partition coefficient (Wildman–Crippen LogP) is 1.28. The molecule has 4 heteroatoms. The summed E-state index contributed by atoms with van der Waals surface area (Å²) in [7, 11) is 0. The Hall–Kier alpha value is -1.84. The molecule has 2 aliphatic rings. The number of carboxylic acid groups (broad SMARTS) is 1. The van der Waals surface area contributed by atoms with Gasteiger partial charge in [-0.25, -0.2) is 0 Å². The van der Waals surface area contributed by atoms with Gasteiger partial charge in [-0.05, 0) is 43.6 Å². The first-order chi connectivity index (χ1) is 10.1. The fraction of sp³-hybridized carbons (Fsp3) is 0.529. The first kappa shape index (κ1) is 14.1. The number of rotatable bonds is 4. The summed E-state index contributed by atoms with van der Waals surface area (Å²) in [6.07, 6.45) is 2.74. The second-order valence-corrected chi connectivity index (χ2v) is 6.34. The molecule has 0 aromatic heterocycles. The van der Waals surface area contributed by atoms with Gasteiger partial charge in [-0.15, -0.1) is 0 Å².